The molecular formula is C17H27NO3. The van der Waals surface area contributed by atoms with Crippen molar-refractivity contribution in [3.05, 3.63) is 23.8 Å². The highest BCUT2D eigenvalue weighted by Crippen LogP contribution is 2.30. The van der Waals surface area contributed by atoms with Gasteiger partial charge in [-0.05, 0) is 56.2 Å². The highest BCUT2D eigenvalue weighted by molar-refractivity contribution is 5.43. The van der Waals surface area contributed by atoms with Gasteiger partial charge in [0.1, 0.15) is 0 Å². The van der Waals surface area contributed by atoms with Crippen LogP contribution in [-0.4, -0.2) is 26.0 Å². The van der Waals surface area contributed by atoms with Gasteiger partial charge in [0, 0.05) is 6.04 Å². The van der Waals surface area contributed by atoms with E-state index in [0.29, 0.717) is 6.61 Å². The lowest BCUT2D eigenvalue weighted by atomic mass is 10.0. The molecule has 0 spiro atoms. The Hall–Kier alpha value is -1.26. The second-order valence-corrected chi connectivity index (χ2v) is 5.66. The van der Waals surface area contributed by atoms with Gasteiger partial charge in [0.15, 0.2) is 18.3 Å². The van der Waals surface area contributed by atoms with Crippen LogP contribution in [0, 0.1) is 5.92 Å². The molecule has 2 rings (SSSR count). The van der Waals surface area contributed by atoms with Crippen LogP contribution in [0.5, 0.6) is 11.5 Å². The summed E-state index contributed by atoms with van der Waals surface area (Å²) in [5.41, 5.74) is 7.19. The normalized spacial score (nSPS) is 15.8. The molecule has 118 valence electrons. The molecule has 0 heterocycles. The predicted molar refractivity (Wildman–Crippen MR) is 83.8 cm³/mol. The summed E-state index contributed by atoms with van der Waals surface area (Å²) in [7, 11) is 0. The maximum Gasteiger partial charge on any atom is 0.189 e. The summed E-state index contributed by atoms with van der Waals surface area (Å²) in [6.07, 6.45) is 4.40. The molecule has 1 fully saturated rings. The van der Waals surface area contributed by atoms with Crippen molar-refractivity contribution in [2.45, 2.75) is 45.6 Å². The Morgan fingerprint density at radius 3 is 2.67 bits per heavy atom. The molecule has 1 aromatic rings. The molecule has 2 N–H and O–H groups in total. The molecule has 0 aromatic heterocycles. The third-order valence-corrected chi connectivity index (χ3v) is 3.68. The van der Waals surface area contributed by atoms with Crippen molar-refractivity contribution in [3.63, 3.8) is 0 Å². The first-order valence-electron chi connectivity index (χ1n) is 7.94. The lowest BCUT2D eigenvalue weighted by molar-refractivity contribution is 0.00839. The summed E-state index contributed by atoms with van der Waals surface area (Å²) in [5.74, 6) is 2.26. The summed E-state index contributed by atoms with van der Waals surface area (Å²) in [4.78, 5) is 0. The number of nitrogens with two attached hydrogens (primary N) is 1. The van der Waals surface area contributed by atoms with E-state index in [4.69, 9.17) is 19.9 Å². The fourth-order valence-electron chi connectivity index (χ4n) is 2.12. The summed E-state index contributed by atoms with van der Waals surface area (Å²) in [6.45, 7) is 5.76. The van der Waals surface area contributed by atoms with Crippen LogP contribution in [0.1, 0.15) is 38.7 Å². The molecule has 1 atom stereocenters. The molecule has 1 aliphatic rings. The molecule has 4 nitrogen and oxygen atoms in total. The van der Waals surface area contributed by atoms with E-state index in [1.807, 2.05) is 25.1 Å². The summed E-state index contributed by atoms with van der Waals surface area (Å²) >= 11 is 0. The van der Waals surface area contributed by atoms with E-state index in [9.17, 15) is 0 Å². The average Bonchev–Trinajstić information content (AvgIpc) is 3.30. The zero-order valence-electron chi connectivity index (χ0n) is 13.1. The molecule has 0 saturated heterocycles. The Bertz CT molecular complexity index is 432. The molecule has 1 unspecified atom stereocenters. The minimum Gasteiger partial charge on any atom is -0.490 e. The van der Waals surface area contributed by atoms with Crippen LogP contribution in [0.25, 0.3) is 0 Å². The van der Waals surface area contributed by atoms with E-state index in [-0.39, 0.29) is 12.8 Å². The smallest absolute Gasteiger partial charge is 0.189 e. The van der Waals surface area contributed by atoms with Crippen molar-refractivity contribution in [1.82, 2.24) is 0 Å². The van der Waals surface area contributed by atoms with E-state index in [1.54, 1.807) is 0 Å². The first-order chi connectivity index (χ1) is 10.2. The van der Waals surface area contributed by atoms with E-state index >= 15 is 0 Å². The molecule has 1 aliphatic carbocycles. The summed E-state index contributed by atoms with van der Waals surface area (Å²) < 4.78 is 16.8. The van der Waals surface area contributed by atoms with Crippen LogP contribution in [0.4, 0.5) is 0 Å². The van der Waals surface area contributed by atoms with Crippen molar-refractivity contribution in [1.29, 1.82) is 0 Å². The Morgan fingerprint density at radius 1 is 1.19 bits per heavy atom. The second kappa shape index (κ2) is 8.25. The van der Waals surface area contributed by atoms with E-state index < -0.39 is 0 Å². The lowest BCUT2D eigenvalue weighted by Crippen LogP contribution is -2.21. The van der Waals surface area contributed by atoms with E-state index in [0.717, 1.165) is 36.9 Å². The fourth-order valence-corrected chi connectivity index (χ4v) is 2.12. The van der Waals surface area contributed by atoms with Crippen LogP contribution >= 0.6 is 0 Å². The van der Waals surface area contributed by atoms with Crippen molar-refractivity contribution in [2.75, 3.05) is 20.0 Å². The van der Waals surface area contributed by atoms with Gasteiger partial charge in [0.2, 0.25) is 0 Å². The van der Waals surface area contributed by atoms with Crippen LogP contribution < -0.4 is 15.2 Å². The maximum atomic E-state index is 6.01. The van der Waals surface area contributed by atoms with Gasteiger partial charge in [-0.25, -0.2) is 0 Å². The van der Waals surface area contributed by atoms with Crippen LogP contribution in [-0.2, 0) is 11.2 Å². The van der Waals surface area contributed by atoms with Crippen LogP contribution in [0.3, 0.4) is 0 Å². The van der Waals surface area contributed by atoms with Gasteiger partial charge in [-0.2, -0.15) is 0 Å². The van der Waals surface area contributed by atoms with Crippen LogP contribution in [0.2, 0.25) is 0 Å². The standard InChI is InChI=1S/C17H27NO3/c1-3-15(18)9-14-7-8-16(17(10-14)20-4-2)21-12-19-11-13-5-6-13/h7-8,10,13,15H,3-6,9,11-12,18H2,1-2H3. The first-order valence-corrected chi connectivity index (χ1v) is 7.94. The number of hydrogen-bond acceptors (Lipinski definition) is 4. The summed E-state index contributed by atoms with van der Waals surface area (Å²) in [6, 6.07) is 6.21. The monoisotopic (exact) mass is 293 g/mol. The first kappa shape index (κ1) is 16.1. The lowest BCUT2D eigenvalue weighted by Gasteiger charge is -2.15. The zero-order chi connectivity index (χ0) is 15.1. The molecular weight excluding hydrogens is 266 g/mol. The number of benzene rings is 1. The molecule has 0 bridgehead atoms. The number of ether oxygens (including phenoxy) is 3. The molecule has 0 amide bonds. The van der Waals surface area contributed by atoms with Crippen molar-refractivity contribution < 1.29 is 14.2 Å². The van der Waals surface area contributed by atoms with Gasteiger partial charge in [-0.3, -0.25) is 0 Å². The summed E-state index contributed by atoms with van der Waals surface area (Å²) in [5, 5.41) is 0. The SMILES string of the molecule is CCOc1cc(CC(N)CC)ccc1OCOCC1CC1. The third kappa shape index (κ3) is 5.56. The minimum atomic E-state index is 0.188. The van der Waals surface area contributed by atoms with E-state index in [2.05, 4.69) is 6.92 Å². The Balaban J connectivity index is 1.90. The van der Waals surface area contributed by atoms with Gasteiger partial charge >= 0.3 is 0 Å². The minimum absolute atomic E-state index is 0.188. The Labute approximate surface area is 127 Å². The molecule has 4 heteroatoms. The Morgan fingerprint density at radius 2 is 2.00 bits per heavy atom. The van der Waals surface area contributed by atoms with Gasteiger partial charge in [0.05, 0.1) is 13.2 Å². The van der Waals surface area contributed by atoms with Gasteiger partial charge in [0.25, 0.3) is 0 Å². The molecule has 0 radical (unpaired) electrons. The molecule has 1 aromatic carbocycles. The largest absolute Gasteiger partial charge is 0.490 e. The van der Waals surface area contributed by atoms with Crippen molar-refractivity contribution in [3.8, 4) is 11.5 Å². The second-order valence-electron chi connectivity index (χ2n) is 5.66. The van der Waals surface area contributed by atoms with Gasteiger partial charge < -0.3 is 19.9 Å². The van der Waals surface area contributed by atoms with Crippen LogP contribution in [0.15, 0.2) is 18.2 Å². The average molecular weight is 293 g/mol. The molecule has 1 saturated carbocycles. The van der Waals surface area contributed by atoms with Gasteiger partial charge in [-0.15, -0.1) is 0 Å². The quantitative estimate of drug-likeness (QED) is 0.532. The topological polar surface area (TPSA) is 53.7 Å². The maximum absolute atomic E-state index is 6.01. The highest BCUT2D eigenvalue weighted by Gasteiger charge is 2.21. The zero-order valence-corrected chi connectivity index (χ0v) is 13.1. The molecule has 0 aliphatic heterocycles. The Kier molecular flexibility index (Phi) is 6.33. The van der Waals surface area contributed by atoms with Crippen molar-refractivity contribution >= 4 is 0 Å². The van der Waals surface area contributed by atoms with Crippen molar-refractivity contribution in [2.24, 2.45) is 11.7 Å². The van der Waals surface area contributed by atoms with Gasteiger partial charge in [-0.1, -0.05) is 13.0 Å². The third-order valence-electron chi connectivity index (χ3n) is 3.68. The number of rotatable bonds is 10. The molecule has 21 heavy (non-hydrogen) atoms. The van der Waals surface area contributed by atoms with E-state index in [1.165, 1.54) is 18.4 Å². The fraction of sp³-hybridized carbons (Fsp3) is 0.647. The predicted octanol–water partition coefficient (Wildman–Crippen LogP) is 3.13. The highest BCUT2D eigenvalue weighted by atomic mass is 16.7. The number of hydrogen-bond donors (Lipinski definition) is 1.